The smallest absolute Gasteiger partial charge is 0.409 e. The van der Waals surface area contributed by atoms with Crippen LogP contribution in [0.3, 0.4) is 0 Å². The van der Waals surface area contributed by atoms with Crippen LogP contribution in [0.4, 0.5) is 16.2 Å². The number of carbonyl (C=O) groups is 3. The average molecular weight is 432 g/mol. The van der Waals surface area contributed by atoms with Gasteiger partial charge in [-0.1, -0.05) is 0 Å². The van der Waals surface area contributed by atoms with Crippen LogP contribution in [0.25, 0.3) is 0 Å². The Morgan fingerprint density at radius 1 is 1.06 bits per heavy atom. The number of ether oxygens (including phenoxy) is 1. The fourth-order valence-corrected chi connectivity index (χ4v) is 4.25. The quantitative estimate of drug-likeness (QED) is 0.671. The molecule has 4 N–H and O–H groups in total. The lowest BCUT2D eigenvalue weighted by molar-refractivity contribution is -0.114. The number of rotatable bonds is 4. The molecule has 1 saturated heterocycles. The molecular weight excluding hydrogens is 398 g/mol. The third-order valence-electron chi connectivity index (χ3n) is 5.95. The summed E-state index contributed by atoms with van der Waals surface area (Å²) in [4.78, 5) is 40.3. The van der Waals surface area contributed by atoms with Gasteiger partial charge in [0.15, 0.2) is 0 Å². The highest BCUT2D eigenvalue weighted by molar-refractivity contribution is 5.99. The maximum Gasteiger partial charge on any atom is 0.409 e. The zero-order valence-corrected chi connectivity index (χ0v) is 18.4. The number of nitrogens with two attached hydrogens (primary N) is 1. The highest BCUT2D eigenvalue weighted by Gasteiger charge is 2.24. The highest BCUT2D eigenvalue weighted by atomic mass is 16.5. The molecule has 1 aliphatic heterocycles. The van der Waals surface area contributed by atoms with Gasteiger partial charge in [-0.15, -0.1) is 0 Å². The predicted molar refractivity (Wildman–Crippen MR) is 119 cm³/mol. The van der Waals surface area contributed by atoms with E-state index in [9.17, 15) is 14.4 Å². The minimum atomic E-state index is -0.334. The molecule has 170 valence electrons. The fourth-order valence-electron chi connectivity index (χ4n) is 4.25. The molecule has 2 aliphatic rings. The Balaban J connectivity index is 1.74. The molecule has 0 radical (unpaired) electrons. The van der Waals surface area contributed by atoms with Crippen LogP contribution in [-0.4, -0.2) is 68.2 Å². The normalized spacial score (nSPS) is 21.8. The predicted octanol–water partition coefficient (Wildman–Crippen LogP) is 1.92. The number of methoxy groups -OCH3 is 1. The zero-order valence-electron chi connectivity index (χ0n) is 18.4. The van der Waals surface area contributed by atoms with Gasteiger partial charge in [0.2, 0.25) is 5.91 Å². The van der Waals surface area contributed by atoms with E-state index >= 15 is 0 Å². The van der Waals surface area contributed by atoms with E-state index in [4.69, 9.17) is 10.5 Å². The van der Waals surface area contributed by atoms with Gasteiger partial charge >= 0.3 is 6.09 Å². The van der Waals surface area contributed by atoms with Crippen LogP contribution in [-0.2, 0) is 9.53 Å². The molecule has 1 heterocycles. The van der Waals surface area contributed by atoms with Gasteiger partial charge in [-0.3, -0.25) is 9.59 Å². The molecule has 2 fully saturated rings. The number of hydrogen-bond acceptors (Lipinski definition) is 6. The van der Waals surface area contributed by atoms with Crippen molar-refractivity contribution in [2.45, 2.75) is 51.1 Å². The standard InChI is InChI=1S/C22H33N5O4/c1-15(28)24-19-14-16(21(29)25-18-7-5-17(23)6-8-18)4-9-20(19)26-10-3-11-27(13-12-26)22(30)31-2/h4,9,14,17-18H,3,5-8,10-13,23H2,1-2H3,(H,24,28)(H,25,29). The van der Waals surface area contributed by atoms with E-state index in [0.717, 1.165) is 44.3 Å². The lowest BCUT2D eigenvalue weighted by Crippen LogP contribution is -2.40. The average Bonchev–Trinajstić information content (AvgIpc) is 3.00. The summed E-state index contributed by atoms with van der Waals surface area (Å²) in [6.07, 6.45) is 4.04. The summed E-state index contributed by atoms with van der Waals surface area (Å²) in [6, 6.07) is 5.73. The van der Waals surface area contributed by atoms with Crippen molar-refractivity contribution in [3.63, 3.8) is 0 Å². The molecule has 9 heteroatoms. The van der Waals surface area contributed by atoms with Crippen molar-refractivity contribution >= 4 is 29.3 Å². The fraction of sp³-hybridized carbons (Fsp3) is 0.591. The molecule has 0 aromatic heterocycles. The summed E-state index contributed by atoms with van der Waals surface area (Å²) in [5.74, 6) is -0.350. The van der Waals surface area contributed by atoms with Crippen molar-refractivity contribution in [1.29, 1.82) is 0 Å². The Hall–Kier alpha value is -2.81. The molecule has 1 aromatic carbocycles. The van der Waals surface area contributed by atoms with E-state index in [-0.39, 0.29) is 30.0 Å². The van der Waals surface area contributed by atoms with Crippen LogP contribution >= 0.6 is 0 Å². The first-order chi connectivity index (χ1) is 14.9. The first-order valence-corrected chi connectivity index (χ1v) is 10.9. The SMILES string of the molecule is COC(=O)N1CCCN(c2ccc(C(=O)NC3CCC(N)CC3)cc2NC(C)=O)CC1. The summed E-state index contributed by atoms with van der Waals surface area (Å²) in [7, 11) is 1.38. The summed E-state index contributed by atoms with van der Waals surface area (Å²) in [5, 5.41) is 5.95. The van der Waals surface area contributed by atoms with Gasteiger partial charge in [0.05, 0.1) is 18.5 Å². The van der Waals surface area contributed by atoms with Gasteiger partial charge in [-0.25, -0.2) is 4.79 Å². The van der Waals surface area contributed by atoms with Crippen molar-refractivity contribution in [3.8, 4) is 0 Å². The van der Waals surface area contributed by atoms with Crippen molar-refractivity contribution in [3.05, 3.63) is 23.8 Å². The van der Waals surface area contributed by atoms with Crippen LogP contribution in [0.2, 0.25) is 0 Å². The van der Waals surface area contributed by atoms with E-state index in [1.54, 1.807) is 17.0 Å². The van der Waals surface area contributed by atoms with Gasteiger partial charge in [-0.2, -0.15) is 0 Å². The number of carbonyl (C=O) groups excluding carboxylic acids is 3. The Morgan fingerprint density at radius 2 is 1.81 bits per heavy atom. The zero-order chi connectivity index (χ0) is 22.4. The van der Waals surface area contributed by atoms with Crippen molar-refractivity contribution in [1.82, 2.24) is 10.2 Å². The van der Waals surface area contributed by atoms with Crippen molar-refractivity contribution in [2.24, 2.45) is 5.73 Å². The van der Waals surface area contributed by atoms with Crippen LogP contribution in [0.5, 0.6) is 0 Å². The minimum Gasteiger partial charge on any atom is -0.453 e. The number of nitrogens with one attached hydrogen (secondary N) is 2. The Morgan fingerprint density at radius 3 is 2.48 bits per heavy atom. The molecule has 1 aliphatic carbocycles. The molecule has 3 rings (SSSR count). The Labute approximate surface area is 183 Å². The van der Waals surface area contributed by atoms with Gasteiger partial charge in [-0.05, 0) is 50.3 Å². The molecule has 31 heavy (non-hydrogen) atoms. The molecule has 0 unspecified atom stereocenters. The van der Waals surface area contributed by atoms with Crippen LogP contribution in [0, 0.1) is 0 Å². The third kappa shape index (κ3) is 6.10. The van der Waals surface area contributed by atoms with Crippen molar-refractivity contribution < 1.29 is 19.1 Å². The Bertz CT molecular complexity index is 807. The number of nitrogens with zero attached hydrogens (tertiary/aromatic N) is 2. The molecule has 3 amide bonds. The molecule has 1 aromatic rings. The van der Waals surface area contributed by atoms with Gasteiger partial charge in [0, 0.05) is 50.7 Å². The molecule has 0 bridgehead atoms. The molecular formula is C22H33N5O4. The third-order valence-corrected chi connectivity index (χ3v) is 5.95. The lowest BCUT2D eigenvalue weighted by atomic mass is 9.91. The largest absolute Gasteiger partial charge is 0.453 e. The second-order valence-electron chi connectivity index (χ2n) is 8.30. The number of hydrogen-bond donors (Lipinski definition) is 3. The van der Waals surface area contributed by atoms with Crippen LogP contribution < -0.4 is 21.3 Å². The van der Waals surface area contributed by atoms with Crippen molar-refractivity contribution in [2.75, 3.05) is 43.5 Å². The summed E-state index contributed by atoms with van der Waals surface area (Å²) in [6.45, 7) is 3.93. The first kappa shape index (κ1) is 22.9. The lowest BCUT2D eigenvalue weighted by Gasteiger charge is -2.28. The maximum atomic E-state index is 12.8. The minimum absolute atomic E-state index is 0.131. The summed E-state index contributed by atoms with van der Waals surface area (Å²) < 4.78 is 4.83. The second kappa shape index (κ2) is 10.5. The monoisotopic (exact) mass is 431 g/mol. The first-order valence-electron chi connectivity index (χ1n) is 10.9. The molecule has 0 spiro atoms. The molecule has 0 atom stereocenters. The second-order valence-corrected chi connectivity index (χ2v) is 8.30. The van der Waals surface area contributed by atoms with Gasteiger partial charge < -0.3 is 30.9 Å². The molecule has 9 nitrogen and oxygen atoms in total. The van der Waals surface area contributed by atoms with Crippen LogP contribution in [0.15, 0.2) is 18.2 Å². The number of benzene rings is 1. The van der Waals surface area contributed by atoms with Gasteiger partial charge in [0.1, 0.15) is 0 Å². The Kier molecular flexibility index (Phi) is 7.73. The van der Waals surface area contributed by atoms with E-state index in [0.29, 0.717) is 30.9 Å². The van der Waals surface area contributed by atoms with Gasteiger partial charge in [0.25, 0.3) is 5.91 Å². The number of amides is 3. The van der Waals surface area contributed by atoms with Crippen LogP contribution in [0.1, 0.15) is 49.4 Å². The highest BCUT2D eigenvalue weighted by Crippen LogP contribution is 2.29. The maximum absolute atomic E-state index is 12.8. The van der Waals surface area contributed by atoms with E-state index in [1.807, 2.05) is 6.07 Å². The number of anilines is 2. The topological polar surface area (TPSA) is 117 Å². The summed E-state index contributed by atoms with van der Waals surface area (Å²) >= 11 is 0. The molecule has 1 saturated carbocycles. The summed E-state index contributed by atoms with van der Waals surface area (Å²) in [5.41, 5.74) is 7.89. The van der Waals surface area contributed by atoms with E-state index in [1.165, 1.54) is 14.0 Å². The van der Waals surface area contributed by atoms with E-state index in [2.05, 4.69) is 15.5 Å². The van der Waals surface area contributed by atoms with E-state index < -0.39 is 0 Å².